The highest BCUT2D eigenvalue weighted by Gasteiger charge is 2.57. The Morgan fingerprint density at radius 3 is 1.75 bits per heavy atom. The highest BCUT2D eigenvalue weighted by molar-refractivity contribution is 6.22. The van der Waals surface area contributed by atoms with E-state index >= 15 is 0 Å². The van der Waals surface area contributed by atoms with Crippen LogP contribution in [0.15, 0.2) is 54.6 Å². The van der Waals surface area contributed by atoms with Gasteiger partial charge in [-0.1, -0.05) is 42.5 Å². The molecule has 1 heterocycles. The number of fused-ring (bicyclic) bond motifs is 1. The molecule has 0 N–H and O–H groups in total. The van der Waals surface area contributed by atoms with Crippen molar-refractivity contribution in [2.45, 2.75) is 18.4 Å². The molecular formula is C17H13NO2. The summed E-state index contributed by atoms with van der Waals surface area (Å²) in [7, 11) is 0. The van der Waals surface area contributed by atoms with Crippen LogP contribution in [0.25, 0.3) is 0 Å². The monoisotopic (exact) mass is 263 g/mol. The second-order valence-corrected chi connectivity index (χ2v) is 5.39. The Labute approximate surface area is 116 Å². The minimum absolute atomic E-state index is 0.160. The van der Waals surface area contributed by atoms with Crippen molar-refractivity contribution in [2.24, 2.45) is 0 Å². The van der Waals surface area contributed by atoms with Crippen molar-refractivity contribution in [1.29, 1.82) is 0 Å². The van der Waals surface area contributed by atoms with Gasteiger partial charge in [-0.3, -0.25) is 14.5 Å². The molecule has 98 valence electrons. The van der Waals surface area contributed by atoms with Crippen LogP contribution in [0.2, 0.25) is 0 Å². The van der Waals surface area contributed by atoms with Gasteiger partial charge in [0.05, 0.1) is 16.7 Å². The molecule has 0 spiro atoms. The number of amides is 2. The smallest absolute Gasteiger partial charge is 0.262 e. The Kier molecular flexibility index (Phi) is 2.16. The number of hydrogen-bond donors (Lipinski definition) is 0. The van der Waals surface area contributed by atoms with Gasteiger partial charge in [0.25, 0.3) is 11.8 Å². The molecule has 1 fully saturated rings. The second kappa shape index (κ2) is 3.79. The lowest BCUT2D eigenvalue weighted by Crippen LogP contribution is -2.39. The van der Waals surface area contributed by atoms with Crippen LogP contribution in [0.4, 0.5) is 0 Å². The first-order valence-electron chi connectivity index (χ1n) is 6.77. The fraction of sp³-hybridized carbons (Fsp3) is 0.176. The lowest BCUT2D eigenvalue weighted by atomic mass is 10.0. The van der Waals surface area contributed by atoms with Crippen molar-refractivity contribution in [3.63, 3.8) is 0 Å². The number of imide groups is 1. The van der Waals surface area contributed by atoms with Gasteiger partial charge >= 0.3 is 0 Å². The van der Waals surface area contributed by atoms with Crippen molar-refractivity contribution in [3.8, 4) is 0 Å². The van der Waals surface area contributed by atoms with Gasteiger partial charge in [0.15, 0.2) is 0 Å². The molecule has 1 aliphatic carbocycles. The minimum atomic E-state index is -0.422. The predicted octanol–water partition coefficient (Wildman–Crippen LogP) is 2.97. The van der Waals surface area contributed by atoms with Gasteiger partial charge < -0.3 is 0 Å². The summed E-state index contributed by atoms with van der Waals surface area (Å²) in [6.07, 6.45) is 1.70. The topological polar surface area (TPSA) is 37.4 Å². The third kappa shape index (κ3) is 1.35. The van der Waals surface area contributed by atoms with Gasteiger partial charge in [0.1, 0.15) is 0 Å². The fourth-order valence-electron chi connectivity index (χ4n) is 3.09. The molecule has 0 bridgehead atoms. The molecule has 3 nitrogen and oxygen atoms in total. The molecule has 1 saturated carbocycles. The lowest BCUT2D eigenvalue weighted by Gasteiger charge is -2.26. The maximum absolute atomic E-state index is 12.6. The van der Waals surface area contributed by atoms with E-state index in [1.165, 1.54) is 4.90 Å². The van der Waals surface area contributed by atoms with Crippen LogP contribution in [0.3, 0.4) is 0 Å². The number of hydrogen-bond acceptors (Lipinski definition) is 2. The average molecular weight is 263 g/mol. The van der Waals surface area contributed by atoms with Crippen LogP contribution in [0, 0.1) is 0 Å². The summed E-state index contributed by atoms with van der Waals surface area (Å²) in [6.45, 7) is 0. The second-order valence-electron chi connectivity index (χ2n) is 5.39. The SMILES string of the molecule is O=C1c2ccccc2C(=O)N1C1(c2ccccc2)CC1. The average Bonchev–Trinajstić information content (AvgIpc) is 3.25. The van der Waals surface area contributed by atoms with E-state index in [0.29, 0.717) is 11.1 Å². The van der Waals surface area contributed by atoms with E-state index in [1.807, 2.05) is 30.3 Å². The molecule has 0 atom stereocenters. The van der Waals surface area contributed by atoms with E-state index in [1.54, 1.807) is 24.3 Å². The van der Waals surface area contributed by atoms with Crippen molar-refractivity contribution >= 4 is 11.8 Å². The van der Waals surface area contributed by atoms with Gasteiger partial charge in [-0.2, -0.15) is 0 Å². The maximum atomic E-state index is 12.6. The van der Waals surface area contributed by atoms with Crippen LogP contribution in [-0.4, -0.2) is 16.7 Å². The molecule has 0 saturated heterocycles. The largest absolute Gasteiger partial charge is 0.269 e. The molecule has 20 heavy (non-hydrogen) atoms. The van der Waals surface area contributed by atoms with Gasteiger partial charge in [-0.15, -0.1) is 0 Å². The summed E-state index contributed by atoms with van der Waals surface area (Å²) in [5.41, 5.74) is 1.68. The zero-order valence-electron chi connectivity index (χ0n) is 10.9. The third-order valence-electron chi connectivity index (χ3n) is 4.26. The van der Waals surface area contributed by atoms with Crippen LogP contribution in [-0.2, 0) is 5.54 Å². The van der Waals surface area contributed by atoms with Gasteiger partial charge in [-0.05, 0) is 30.5 Å². The molecule has 2 aliphatic rings. The summed E-state index contributed by atoms with van der Waals surface area (Å²) >= 11 is 0. The lowest BCUT2D eigenvalue weighted by molar-refractivity contribution is 0.0555. The standard InChI is InChI=1S/C17H13NO2/c19-15-13-8-4-5-9-14(13)16(20)18(15)17(10-11-17)12-6-2-1-3-7-12/h1-9H,10-11H2. The quantitative estimate of drug-likeness (QED) is 0.781. The first-order valence-corrected chi connectivity index (χ1v) is 6.77. The van der Waals surface area contributed by atoms with Crippen LogP contribution in [0.5, 0.6) is 0 Å². The van der Waals surface area contributed by atoms with E-state index < -0.39 is 5.54 Å². The summed E-state index contributed by atoms with van der Waals surface area (Å²) in [5, 5.41) is 0. The molecule has 3 heteroatoms. The molecule has 4 rings (SSSR count). The Bertz CT molecular complexity index is 682. The van der Waals surface area contributed by atoms with Crippen molar-refractivity contribution in [3.05, 3.63) is 71.3 Å². The molecule has 0 aromatic heterocycles. The molecular weight excluding hydrogens is 250 g/mol. The number of carbonyl (C=O) groups is 2. The molecule has 2 amide bonds. The van der Waals surface area contributed by atoms with E-state index in [9.17, 15) is 9.59 Å². The first kappa shape index (κ1) is 11.4. The van der Waals surface area contributed by atoms with Gasteiger partial charge in [0, 0.05) is 0 Å². The molecule has 0 unspecified atom stereocenters. The number of rotatable bonds is 2. The fourth-order valence-corrected chi connectivity index (χ4v) is 3.09. The summed E-state index contributed by atoms with van der Waals surface area (Å²) < 4.78 is 0. The zero-order chi connectivity index (χ0) is 13.7. The Balaban J connectivity index is 1.82. The highest BCUT2D eigenvalue weighted by atomic mass is 16.2. The Hall–Kier alpha value is -2.42. The van der Waals surface area contributed by atoms with E-state index in [-0.39, 0.29) is 11.8 Å². The number of benzene rings is 2. The van der Waals surface area contributed by atoms with Crippen molar-refractivity contribution in [2.75, 3.05) is 0 Å². The van der Waals surface area contributed by atoms with E-state index in [4.69, 9.17) is 0 Å². The maximum Gasteiger partial charge on any atom is 0.262 e. The van der Waals surface area contributed by atoms with E-state index in [2.05, 4.69) is 0 Å². The van der Waals surface area contributed by atoms with Crippen LogP contribution < -0.4 is 0 Å². The normalized spacial score (nSPS) is 19.1. The molecule has 1 aliphatic heterocycles. The zero-order valence-corrected chi connectivity index (χ0v) is 10.9. The van der Waals surface area contributed by atoms with Crippen molar-refractivity contribution in [1.82, 2.24) is 4.90 Å². The summed E-state index contributed by atoms with van der Waals surface area (Å²) in [6, 6.07) is 16.9. The van der Waals surface area contributed by atoms with Crippen LogP contribution >= 0.6 is 0 Å². The predicted molar refractivity (Wildman–Crippen MR) is 74.3 cm³/mol. The third-order valence-corrected chi connectivity index (χ3v) is 4.26. The number of nitrogens with zero attached hydrogens (tertiary/aromatic N) is 1. The molecule has 2 aromatic carbocycles. The first-order chi connectivity index (χ1) is 9.74. The Morgan fingerprint density at radius 2 is 1.25 bits per heavy atom. The van der Waals surface area contributed by atoms with Crippen molar-refractivity contribution < 1.29 is 9.59 Å². The van der Waals surface area contributed by atoms with Gasteiger partial charge in [0.2, 0.25) is 0 Å². The van der Waals surface area contributed by atoms with E-state index in [0.717, 1.165) is 18.4 Å². The minimum Gasteiger partial charge on any atom is -0.269 e. The molecule has 2 aromatic rings. The van der Waals surface area contributed by atoms with Crippen LogP contribution in [0.1, 0.15) is 39.1 Å². The summed E-state index contributed by atoms with van der Waals surface area (Å²) in [4.78, 5) is 26.6. The summed E-state index contributed by atoms with van der Waals surface area (Å²) in [5.74, 6) is -0.320. The Morgan fingerprint density at radius 1 is 0.750 bits per heavy atom. The highest BCUT2D eigenvalue weighted by Crippen LogP contribution is 2.53. The van der Waals surface area contributed by atoms with Gasteiger partial charge in [-0.25, -0.2) is 0 Å². The molecule has 0 radical (unpaired) electrons. The number of carbonyl (C=O) groups excluding carboxylic acids is 2.